The molecule has 2 rings (SSSR count). The van der Waals surface area contributed by atoms with Crippen molar-refractivity contribution >= 4 is 17.3 Å². The van der Waals surface area contributed by atoms with Gasteiger partial charge in [0.15, 0.2) is 12.6 Å². The molecule has 0 amide bonds. The van der Waals surface area contributed by atoms with Crippen LogP contribution in [0.1, 0.15) is 21.1 Å². The van der Waals surface area contributed by atoms with Crippen molar-refractivity contribution < 1.29 is 17.9 Å². The standard InChI is InChI=1S/C18H23F3N4OS/c1-12-13(2)27-16(25-12)8-9-23-17(22-3)24-10-14-4-6-15(7-5-14)26-11-18(19,20)21/h4-7H,8-11H2,1-3H3,(H2,22,23,24). The number of rotatable bonds is 7. The molecule has 1 aromatic heterocycles. The second-order valence-corrected chi connectivity index (χ2v) is 7.19. The normalized spacial score (nSPS) is 12.1. The van der Waals surface area contributed by atoms with E-state index in [9.17, 15) is 13.2 Å². The van der Waals surface area contributed by atoms with E-state index >= 15 is 0 Å². The Balaban J connectivity index is 1.75. The summed E-state index contributed by atoms with van der Waals surface area (Å²) in [5.74, 6) is 0.838. The number of nitrogens with zero attached hydrogens (tertiary/aromatic N) is 2. The van der Waals surface area contributed by atoms with Gasteiger partial charge in [0.2, 0.25) is 0 Å². The van der Waals surface area contributed by atoms with Crippen LogP contribution in [-0.2, 0) is 13.0 Å². The fourth-order valence-electron chi connectivity index (χ4n) is 2.21. The molecule has 0 saturated heterocycles. The number of ether oxygens (including phenoxy) is 1. The highest BCUT2D eigenvalue weighted by Crippen LogP contribution is 2.19. The second-order valence-electron chi connectivity index (χ2n) is 5.90. The van der Waals surface area contributed by atoms with Gasteiger partial charge < -0.3 is 15.4 Å². The zero-order valence-corrected chi connectivity index (χ0v) is 16.3. The summed E-state index contributed by atoms with van der Waals surface area (Å²) in [4.78, 5) is 9.89. The minimum Gasteiger partial charge on any atom is -0.484 e. The molecule has 0 fully saturated rings. The van der Waals surface area contributed by atoms with Crippen molar-refractivity contribution in [2.24, 2.45) is 4.99 Å². The zero-order valence-electron chi connectivity index (χ0n) is 15.5. The van der Waals surface area contributed by atoms with Gasteiger partial charge in [-0.15, -0.1) is 11.3 Å². The number of thiazole rings is 1. The van der Waals surface area contributed by atoms with Crippen molar-refractivity contribution in [2.75, 3.05) is 20.2 Å². The molecule has 0 atom stereocenters. The molecule has 9 heteroatoms. The maximum absolute atomic E-state index is 12.1. The summed E-state index contributed by atoms with van der Waals surface area (Å²) in [6.45, 7) is 3.97. The quantitative estimate of drug-likeness (QED) is 0.551. The summed E-state index contributed by atoms with van der Waals surface area (Å²) in [7, 11) is 1.68. The number of hydrogen-bond donors (Lipinski definition) is 2. The Hall–Kier alpha value is -2.29. The highest BCUT2D eigenvalue weighted by molar-refractivity contribution is 7.11. The van der Waals surface area contributed by atoms with E-state index in [4.69, 9.17) is 4.74 Å². The number of halogens is 3. The first-order valence-electron chi connectivity index (χ1n) is 8.43. The van der Waals surface area contributed by atoms with Gasteiger partial charge in [-0.1, -0.05) is 12.1 Å². The molecule has 0 unspecified atom stereocenters. The summed E-state index contributed by atoms with van der Waals surface area (Å²) in [6, 6.07) is 6.47. The molecule has 0 aliphatic rings. The van der Waals surface area contributed by atoms with Gasteiger partial charge in [0.05, 0.1) is 10.7 Å². The Kier molecular flexibility index (Phi) is 7.46. The Morgan fingerprint density at radius 2 is 1.89 bits per heavy atom. The van der Waals surface area contributed by atoms with Crippen LogP contribution < -0.4 is 15.4 Å². The molecular formula is C18H23F3N4OS. The molecule has 1 aromatic carbocycles. The third-order valence-electron chi connectivity index (χ3n) is 3.71. The third kappa shape index (κ3) is 7.46. The number of guanidine groups is 1. The molecular weight excluding hydrogens is 377 g/mol. The summed E-state index contributed by atoms with van der Waals surface area (Å²) in [5.41, 5.74) is 1.98. The molecule has 0 radical (unpaired) electrons. The molecule has 0 aliphatic carbocycles. The lowest BCUT2D eigenvalue weighted by atomic mass is 10.2. The predicted octanol–water partition coefficient (Wildman–Crippen LogP) is 3.61. The van der Waals surface area contributed by atoms with Crippen molar-refractivity contribution in [1.82, 2.24) is 15.6 Å². The van der Waals surface area contributed by atoms with Crippen LogP contribution in [-0.4, -0.2) is 37.3 Å². The van der Waals surface area contributed by atoms with Crippen molar-refractivity contribution in [2.45, 2.75) is 33.0 Å². The van der Waals surface area contributed by atoms with E-state index in [-0.39, 0.29) is 5.75 Å². The molecule has 27 heavy (non-hydrogen) atoms. The molecule has 2 N–H and O–H groups in total. The van der Waals surface area contributed by atoms with Gasteiger partial charge in [-0.2, -0.15) is 13.2 Å². The van der Waals surface area contributed by atoms with Crippen molar-refractivity contribution in [3.63, 3.8) is 0 Å². The van der Waals surface area contributed by atoms with E-state index < -0.39 is 12.8 Å². The van der Waals surface area contributed by atoms with E-state index in [2.05, 4.69) is 27.5 Å². The van der Waals surface area contributed by atoms with E-state index in [1.807, 2.05) is 6.92 Å². The Morgan fingerprint density at radius 1 is 1.19 bits per heavy atom. The predicted molar refractivity (Wildman–Crippen MR) is 101 cm³/mol. The fourth-order valence-corrected chi connectivity index (χ4v) is 3.14. The Labute approximate surface area is 160 Å². The van der Waals surface area contributed by atoms with Crippen molar-refractivity contribution in [3.05, 3.63) is 45.4 Å². The van der Waals surface area contributed by atoms with E-state index in [1.165, 1.54) is 17.0 Å². The molecule has 0 bridgehead atoms. The molecule has 2 aromatic rings. The fraction of sp³-hybridized carbons (Fsp3) is 0.444. The minimum atomic E-state index is -4.34. The number of alkyl halides is 3. The first-order valence-corrected chi connectivity index (χ1v) is 9.24. The van der Waals surface area contributed by atoms with Crippen LogP contribution in [0.4, 0.5) is 13.2 Å². The lowest BCUT2D eigenvalue weighted by molar-refractivity contribution is -0.153. The third-order valence-corrected chi connectivity index (χ3v) is 4.85. The first-order chi connectivity index (χ1) is 12.8. The van der Waals surface area contributed by atoms with Gasteiger partial charge in [0, 0.05) is 31.4 Å². The van der Waals surface area contributed by atoms with E-state index in [0.717, 1.165) is 22.7 Å². The lowest BCUT2D eigenvalue weighted by Gasteiger charge is -2.12. The molecule has 0 saturated carbocycles. The topological polar surface area (TPSA) is 58.5 Å². The average Bonchev–Trinajstić information content (AvgIpc) is 2.94. The number of aliphatic imine (C=N–C) groups is 1. The largest absolute Gasteiger partial charge is 0.484 e. The SMILES string of the molecule is CN=C(NCCc1nc(C)c(C)s1)NCc1ccc(OCC(F)(F)F)cc1. The molecule has 0 aliphatic heterocycles. The zero-order chi connectivity index (χ0) is 19.9. The van der Waals surface area contributed by atoms with Gasteiger partial charge in [-0.3, -0.25) is 4.99 Å². The molecule has 5 nitrogen and oxygen atoms in total. The maximum Gasteiger partial charge on any atom is 0.422 e. The summed E-state index contributed by atoms with van der Waals surface area (Å²) in [6.07, 6.45) is -3.53. The summed E-state index contributed by atoms with van der Waals surface area (Å²) < 4.78 is 41.1. The monoisotopic (exact) mass is 400 g/mol. The van der Waals surface area contributed by atoms with Crippen LogP contribution in [0.15, 0.2) is 29.3 Å². The summed E-state index contributed by atoms with van der Waals surface area (Å²) >= 11 is 1.70. The van der Waals surface area contributed by atoms with Crippen LogP contribution in [0.2, 0.25) is 0 Å². The maximum atomic E-state index is 12.1. The van der Waals surface area contributed by atoms with Gasteiger partial charge in [0.1, 0.15) is 5.75 Å². The number of hydrogen-bond acceptors (Lipinski definition) is 4. The van der Waals surface area contributed by atoms with Crippen LogP contribution in [0.3, 0.4) is 0 Å². The van der Waals surface area contributed by atoms with Crippen LogP contribution in [0.25, 0.3) is 0 Å². The van der Waals surface area contributed by atoms with Crippen molar-refractivity contribution in [1.29, 1.82) is 0 Å². The minimum absolute atomic E-state index is 0.188. The average molecular weight is 400 g/mol. The molecule has 148 valence electrons. The molecule has 0 spiro atoms. The number of benzene rings is 1. The van der Waals surface area contributed by atoms with Crippen LogP contribution in [0.5, 0.6) is 5.75 Å². The van der Waals surface area contributed by atoms with Gasteiger partial charge in [-0.05, 0) is 31.5 Å². The molecule has 1 heterocycles. The van der Waals surface area contributed by atoms with Gasteiger partial charge in [0.25, 0.3) is 0 Å². The number of aromatic nitrogens is 1. The number of aryl methyl sites for hydroxylation is 2. The van der Waals surface area contributed by atoms with Crippen LogP contribution >= 0.6 is 11.3 Å². The van der Waals surface area contributed by atoms with E-state index in [1.54, 1.807) is 30.5 Å². The smallest absolute Gasteiger partial charge is 0.422 e. The van der Waals surface area contributed by atoms with E-state index in [0.29, 0.717) is 19.0 Å². The highest BCUT2D eigenvalue weighted by Gasteiger charge is 2.28. The Morgan fingerprint density at radius 3 is 2.44 bits per heavy atom. The first kappa shape index (κ1) is 21.0. The Bertz CT molecular complexity index is 737. The highest BCUT2D eigenvalue weighted by atomic mass is 32.1. The van der Waals surface area contributed by atoms with Crippen molar-refractivity contribution in [3.8, 4) is 5.75 Å². The number of nitrogens with one attached hydrogen (secondary N) is 2. The lowest BCUT2D eigenvalue weighted by Crippen LogP contribution is -2.37. The van der Waals surface area contributed by atoms with Crippen LogP contribution in [0, 0.1) is 13.8 Å². The van der Waals surface area contributed by atoms with Gasteiger partial charge in [-0.25, -0.2) is 4.98 Å². The van der Waals surface area contributed by atoms with Gasteiger partial charge >= 0.3 is 6.18 Å². The summed E-state index contributed by atoms with van der Waals surface area (Å²) in [5, 5.41) is 7.47. The second kappa shape index (κ2) is 9.59.